The number of carbonyl (C=O) groups excluding carboxylic acids is 1. The fourth-order valence-corrected chi connectivity index (χ4v) is 7.59. The lowest BCUT2D eigenvalue weighted by molar-refractivity contribution is -0.148. The molecule has 1 aromatic rings. The Morgan fingerprint density at radius 2 is 1.87 bits per heavy atom. The number of hydrogen-bond acceptors (Lipinski definition) is 3. The molecule has 0 bridgehead atoms. The van der Waals surface area contributed by atoms with E-state index >= 15 is 0 Å². The van der Waals surface area contributed by atoms with Crippen molar-refractivity contribution in [1.29, 1.82) is 0 Å². The van der Waals surface area contributed by atoms with Gasteiger partial charge in [-0.05, 0) is 83.7 Å². The highest BCUT2D eigenvalue weighted by atomic mass is 16.5. The van der Waals surface area contributed by atoms with Gasteiger partial charge in [-0.2, -0.15) is 0 Å². The lowest BCUT2D eigenvalue weighted by Crippen LogP contribution is -2.51. The molecule has 3 aliphatic carbocycles. The summed E-state index contributed by atoms with van der Waals surface area (Å²) in [7, 11) is 0. The van der Waals surface area contributed by atoms with Crippen LogP contribution in [0.1, 0.15) is 71.8 Å². The van der Waals surface area contributed by atoms with Crippen molar-refractivity contribution in [3.63, 3.8) is 0 Å². The van der Waals surface area contributed by atoms with Crippen LogP contribution in [0.3, 0.4) is 0 Å². The molecule has 2 saturated carbocycles. The maximum Gasteiger partial charge on any atom is 0.302 e. The molecule has 1 N–H and O–H groups in total. The summed E-state index contributed by atoms with van der Waals surface area (Å²) in [5.41, 5.74) is 3.07. The van der Waals surface area contributed by atoms with E-state index in [0.717, 1.165) is 19.3 Å². The lowest BCUT2D eigenvalue weighted by Gasteiger charge is -2.57. The number of hydrogen-bond donors (Lipinski definition) is 1. The number of carbonyl (C=O) groups is 1. The molecular formula is C28H40O3. The van der Waals surface area contributed by atoms with Crippen LogP contribution in [0.15, 0.2) is 36.4 Å². The van der Waals surface area contributed by atoms with Gasteiger partial charge in [-0.15, -0.1) is 0 Å². The molecule has 0 radical (unpaired) electrons. The molecule has 0 amide bonds. The van der Waals surface area contributed by atoms with Crippen LogP contribution in [-0.2, 0) is 9.53 Å². The van der Waals surface area contributed by atoms with Gasteiger partial charge in [0, 0.05) is 13.5 Å². The molecule has 0 unspecified atom stereocenters. The maximum atomic E-state index is 11.6. The zero-order valence-electron chi connectivity index (χ0n) is 19.8. The number of benzene rings is 1. The summed E-state index contributed by atoms with van der Waals surface area (Å²) in [6.45, 7) is 9.50. The minimum absolute atomic E-state index is 0.117. The Bertz CT molecular complexity index is 815. The van der Waals surface area contributed by atoms with E-state index < -0.39 is 0 Å². The van der Waals surface area contributed by atoms with E-state index in [-0.39, 0.29) is 23.4 Å². The van der Waals surface area contributed by atoms with Crippen LogP contribution < -0.4 is 0 Å². The molecule has 7 atom stereocenters. The summed E-state index contributed by atoms with van der Waals surface area (Å²) in [4.78, 5) is 11.6. The SMILES string of the molecule is CC(=O)OC[C@H]1C[C@@H](C)CC[C@]1(C)[C@H]1CC[C@]2(C)C(c3ccccc3)=CC[C@H]2[C@@H]1CO. The second kappa shape index (κ2) is 8.73. The first-order valence-corrected chi connectivity index (χ1v) is 12.3. The minimum atomic E-state index is -0.178. The van der Waals surface area contributed by atoms with E-state index in [2.05, 4.69) is 57.2 Å². The highest BCUT2D eigenvalue weighted by molar-refractivity contribution is 5.72. The maximum absolute atomic E-state index is 11.6. The molecule has 0 aromatic heterocycles. The fourth-order valence-electron chi connectivity index (χ4n) is 7.59. The van der Waals surface area contributed by atoms with Crippen LogP contribution in [0.25, 0.3) is 5.57 Å². The fraction of sp³-hybridized carbons (Fsp3) is 0.679. The number of rotatable bonds is 5. The van der Waals surface area contributed by atoms with Crippen molar-refractivity contribution in [2.24, 2.45) is 40.4 Å². The van der Waals surface area contributed by atoms with Crippen molar-refractivity contribution in [2.45, 2.75) is 66.2 Å². The van der Waals surface area contributed by atoms with Gasteiger partial charge in [0.15, 0.2) is 0 Å². The van der Waals surface area contributed by atoms with Crippen molar-refractivity contribution >= 4 is 11.5 Å². The van der Waals surface area contributed by atoms with Gasteiger partial charge in [0.1, 0.15) is 0 Å². The normalized spacial score (nSPS) is 40.2. The molecule has 0 saturated heterocycles. The van der Waals surface area contributed by atoms with E-state index in [1.807, 2.05) is 0 Å². The Kier molecular flexibility index (Phi) is 6.36. The quantitative estimate of drug-likeness (QED) is 0.579. The van der Waals surface area contributed by atoms with Gasteiger partial charge < -0.3 is 9.84 Å². The number of esters is 1. The van der Waals surface area contributed by atoms with Crippen LogP contribution in [0.2, 0.25) is 0 Å². The molecule has 0 aliphatic heterocycles. The third kappa shape index (κ3) is 3.99. The van der Waals surface area contributed by atoms with Crippen molar-refractivity contribution < 1.29 is 14.6 Å². The molecule has 31 heavy (non-hydrogen) atoms. The van der Waals surface area contributed by atoms with Crippen molar-refractivity contribution in [1.82, 2.24) is 0 Å². The number of ether oxygens (including phenoxy) is 1. The van der Waals surface area contributed by atoms with Crippen molar-refractivity contribution in [2.75, 3.05) is 13.2 Å². The average Bonchev–Trinajstić information content (AvgIpc) is 3.11. The highest BCUT2D eigenvalue weighted by Crippen LogP contribution is 2.64. The number of allylic oxidation sites excluding steroid dienone is 2. The van der Waals surface area contributed by atoms with Crippen molar-refractivity contribution in [3.8, 4) is 0 Å². The topological polar surface area (TPSA) is 46.5 Å². The third-order valence-corrected chi connectivity index (χ3v) is 9.44. The summed E-state index contributed by atoms with van der Waals surface area (Å²) in [5, 5.41) is 10.7. The first kappa shape index (κ1) is 22.6. The molecular weight excluding hydrogens is 384 g/mol. The molecule has 170 valence electrons. The number of fused-ring (bicyclic) bond motifs is 1. The second-order valence-electron chi connectivity index (χ2n) is 11.1. The van der Waals surface area contributed by atoms with Gasteiger partial charge in [-0.25, -0.2) is 0 Å². The summed E-state index contributed by atoms with van der Waals surface area (Å²) in [6, 6.07) is 10.8. The first-order valence-electron chi connectivity index (χ1n) is 12.3. The largest absolute Gasteiger partial charge is 0.466 e. The lowest BCUT2D eigenvalue weighted by atomic mass is 9.48. The van der Waals surface area contributed by atoms with Gasteiger partial charge in [-0.3, -0.25) is 4.79 Å². The van der Waals surface area contributed by atoms with Crippen LogP contribution in [-0.4, -0.2) is 24.3 Å². The average molecular weight is 425 g/mol. The second-order valence-corrected chi connectivity index (χ2v) is 11.1. The molecule has 3 aliphatic rings. The van der Waals surface area contributed by atoms with Gasteiger partial charge in [0.05, 0.1) is 6.61 Å². The summed E-state index contributed by atoms with van der Waals surface area (Å²) in [6.07, 6.45) is 9.35. The molecule has 1 aromatic carbocycles. The Morgan fingerprint density at radius 1 is 1.13 bits per heavy atom. The Balaban J connectivity index is 1.60. The molecule has 3 nitrogen and oxygen atoms in total. The third-order valence-electron chi connectivity index (χ3n) is 9.44. The minimum Gasteiger partial charge on any atom is -0.466 e. The van der Waals surface area contributed by atoms with Gasteiger partial charge in [0.25, 0.3) is 0 Å². The van der Waals surface area contributed by atoms with E-state index in [9.17, 15) is 9.90 Å². The number of aliphatic hydroxyl groups excluding tert-OH is 1. The van der Waals surface area contributed by atoms with Crippen LogP contribution in [0.4, 0.5) is 0 Å². The van der Waals surface area contributed by atoms with Crippen LogP contribution >= 0.6 is 0 Å². The summed E-state index contributed by atoms with van der Waals surface area (Å²) in [5.74, 6) is 2.14. The summed E-state index contributed by atoms with van der Waals surface area (Å²) >= 11 is 0. The Hall–Kier alpha value is -1.61. The van der Waals surface area contributed by atoms with Crippen LogP contribution in [0.5, 0.6) is 0 Å². The molecule has 3 heteroatoms. The molecule has 0 spiro atoms. The van der Waals surface area contributed by atoms with E-state index in [4.69, 9.17) is 4.74 Å². The highest BCUT2D eigenvalue weighted by Gasteiger charge is 2.56. The standard InChI is InChI=1S/C28H40O3/c1-19-12-14-27(3,22(16-19)18-31-20(2)30)26-13-15-28(4)24(21-8-6-5-7-9-21)10-11-25(28)23(26)17-29/h5-10,19,22-23,25-26,29H,11-18H2,1-4H3/t19-,22+,23-,25-,26-,27-,28+/m0/s1. The number of aliphatic hydroxyl groups is 1. The molecule has 4 rings (SSSR count). The Morgan fingerprint density at radius 3 is 2.55 bits per heavy atom. The van der Waals surface area contributed by atoms with Crippen LogP contribution in [0, 0.1) is 40.4 Å². The molecule has 0 heterocycles. The predicted octanol–water partition coefficient (Wildman–Crippen LogP) is 6.12. The van der Waals surface area contributed by atoms with E-state index in [1.54, 1.807) is 0 Å². The van der Waals surface area contributed by atoms with Gasteiger partial charge in [-0.1, -0.05) is 63.6 Å². The summed E-state index contributed by atoms with van der Waals surface area (Å²) < 4.78 is 5.55. The molecule has 2 fully saturated rings. The predicted molar refractivity (Wildman–Crippen MR) is 125 cm³/mol. The van der Waals surface area contributed by atoms with E-state index in [1.165, 1.54) is 37.3 Å². The van der Waals surface area contributed by atoms with Gasteiger partial charge >= 0.3 is 5.97 Å². The zero-order chi connectivity index (χ0) is 22.2. The Labute approximate surface area is 188 Å². The van der Waals surface area contributed by atoms with E-state index in [0.29, 0.717) is 36.2 Å². The van der Waals surface area contributed by atoms with Gasteiger partial charge in [0.2, 0.25) is 0 Å². The monoisotopic (exact) mass is 424 g/mol. The first-order chi connectivity index (χ1) is 14.8. The zero-order valence-corrected chi connectivity index (χ0v) is 19.8. The smallest absolute Gasteiger partial charge is 0.302 e. The van der Waals surface area contributed by atoms with Crippen molar-refractivity contribution in [3.05, 3.63) is 42.0 Å².